The lowest BCUT2D eigenvalue weighted by atomic mass is 10.2. The number of halogens is 1. The normalized spacial score (nSPS) is 10.1. The number of hydrogen-bond acceptors (Lipinski definition) is 5. The standard InChI is InChI=1S/C20H16ClN5O/c1-12-7-8-15(10-16(12)21)24-20-23-13(2)9-18(26-20)19(27)25-17-6-4-3-5-14(17)11-22/h3-10H,1-2H3,(H,25,27)(H,23,24,26). The van der Waals surface area contributed by atoms with E-state index in [0.717, 1.165) is 11.3 Å². The van der Waals surface area contributed by atoms with Crippen LogP contribution in [-0.4, -0.2) is 15.9 Å². The maximum atomic E-state index is 12.6. The fraction of sp³-hybridized carbons (Fsp3) is 0.100. The van der Waals surface area contributed by atoms with Crippen LogP contribution in [0, 0.1) is 25.2 Å². The van der Waals surface area contributed by atoms with Gasteiger partial charge >= 0.3 is 0 Å². The molecule has 3 rings (SSSR count). The summed E-state index contributed by atoms with van der Waals surface area (Å²) < 4.78 is 0. The van der Waals surface area contributed by atoms with Crippen LogP contribution in [0.4, 0.5) is 17.3 Å². The fourth-order valence-corrected chi connectivity index (χ4v) is 2.60. The van der Waals surface area contributed by atoms with Crippen LogP contribution in [0.5, 0.6) is 0 Å². The van der Waals surface area contributed by atoms with Crippen molar-refractivity contribution in [2.24, 2.45) is 0 Å². The fourth-order valence-electron chi connectivity index (χ4n) is 2.42. The van der Waals surface area contributed by atoms with Gasteiger partial charge in [-0.25, -0.2) is 9.97 Å². The maximum absolute atomic E-state index is 12.6. The van der Waals surface area contributed by atoms with Gasteiger partial charge in [-0.15, -0.1) is 0 Å². The molecule has 0 aliphatic heterocycles. The van der Waals surface area contributed by atoms with Gasteiger partial charge in [-0.1, -0.05) is 29.8 Å². The molecule has 0 saturated carbocycles. The van der Waals surface area contributed by atoms with E-state index >= 15 is 0 Å². The molecule has 1 heterocycles. The first kappa shape index (κ1) is 18.4. The van der Waals surface area contributed by atoms with Gasteiger partial charge < -0.3 is 10.6 Å². The van der Waals surface area contributed by atoms with E-state index < -0.39 is 5.91 Å². The first-order chi connectivity index (χ1) is 13.0. The molecule has 2 N–H and O–H groups in total. The van der Waals surface area contributed by atoms with Gasteiger partial charge in [0.2, 0.25) is 5.95 Å². The Morgan fingerprint density at radius 1 is 1.11 bits per heavy atom. The van der Waals surface area contributed by atoms with Gasteiger partial charge in [-0.2, -0.15) is 5.26 Å². The van der Waals surface area contributed by atoms with E-state index in [4.69, 9.17) is 16.9 Å². The number of nitriles is 1. The summed E-state index contributed by atoms with van der Waals surface area (Å²) in [5.41, 5.74) is 3.31. The highest BCUT2D eigenvalue weighted by Crippen LogP contribution is 2.22. The molecule has 1 amide bonds. The summed E-state index contributed by atoms with van der Waals surface area (Å²) in [6, 6.07) is 15.9. The number of aromatic nitrogens is 2. The van der Waals surface area contributed by atoms with Crippen LogP contribution in [0.1, 0.15) is 27.3 Å². The van der Waals surface area contributed by atoms with Crippen molar-refractivity contribution < 1.29 is 4.79 Å². The minimum Gasteiger partial charge on any atom is -0.324 e. The summed E-state index contributed by atoms with van der Waals surface area (Å²) in [5.74, 6) is -0.137. The highest BCUT2D eigenvalue weighted by molar-refractivity contribution is 6.31. The molecule has 7 heteroatoms. The van der Waals surface area contributed by atoms with Crippen LogP contribution in [-0.2, 0) is 0 Å². The Balaban J connectivity index is 1.85. The summed E-state index contributed by atoms with van der Waals surface area (Å²) in [6.45, 7) is 3.69. The Kier molecular flexibility index (Phi) is 5.34. The Morgan fingerprint density at radius 3 is 2.63 bits per heavy atom. The number of nitrogens with zero attached hydrogens (tertiary/aromatic N) is 3. The predicted octanol–water partition coefficient (Wildman–Crippen LogP) is 4.61. The molecule has 27 heavy (non-hydrogen) atoms. The lowest BCUT2D eigenvalue weighted by molar-refractivity contribution is 0.102. The maximum Gasteiger partial charge on any atom is 0.274 e. The Bertz CT molecular complexity index is 1060. The second kappa shape index (κ2) is 7.85. The van der Waals surface area contributed by atoms with Crippen LogP contribution in [0.15, 0.2) is 48.5 Å². The molecular weight excluding hydrogens is 362 g/mol. The Morgan fingerprint density at radius 2 is 1.89 bits per heavy atom. The van der Waals surface area contributed by atoms with Crippen LogP contribution >= 0.6 is 11.6 Å². The van der Waals surface area contributed by atoms with E-state index in [2.05, 4.69) is 20.6 Å². The molecule has 0 aliphatic carbocycles. The number of para-hydroxylation sites is 1. The van der Waals surface area contributed by atoms with Crippen LogP contribution < -0.4 is 10.6 Å². The number of nitrogens with one attached hydrogen (secondary N) is 2. The van der Waals surface area contributed by atoms with Gasteiger partial charge in [0.25, 0.3) is 5.91 Å². The van der Waals surface area contributed by atoms with Gasteiger partial charge in [0.1, 0.15) is 11.8 Å². The van der Waals surface area contributed by atoms with Crippen LogP contribution in [0.3, 0.4) is 0 Å². The van der Waals surface area contributed by atoms with Gasteiger partial charge in [-0.05, 0) is 49.7 Å². The molecule has 0 radical (unpaired) electrons. The predicted molar refractivity (Wildman–Crippen MR) is 105 cm³/mol. The topological polar surface area (TPSA) is 90.7 Å². The second-order valence-corrected chi connectivity index (χ2v) is 6.33. The SMILES string of the molecule is Cc1cc(C(=O)Nc2ccccc2C#N)nc(Nc2ccc(C)c(Cl)c2)n1. The first-order valence-electron chi connectivity index (χ1n) is 8.15. The molecule has 134 valence electrons. The van der Waals surface area contributed by atoms with Gasteiger partial charge in [0.05, 0.1) is 11.3 Å². The van der Waals surface area contributed by atoms with Crippen molar-refractivity contribution >= 4 is 34.8 Å². The molecule has 0 spiro atoms. The van der Waals surface area contributed by atoms with Crippen molar-refractivity contribution in [2.75, 3.05) is 10.6 Å². The summed E-state index contributed by atoms with van der Waals surface area (Å²) >= 11 is 6.14. The van der Waals surface area contributed by atoms with Crippen LogP contribution in [0.2, 0.25) is 5.02 Å². The zero-order valence-electron chi connectivity index (χ0n) is 14.7. The monoisotopic (exact) mass is 377 g/mol. The molecule has 3 aromatic rings. The first-order valence-corrected chi connectivity index (χ1v) is 8.53. The van der Waals surface area contributed by atoms with E-state index in [1.54, 1.807) is 43.3 Å². The van der Waals surface area contributed by atoms with E-state index in [9.17, 15) is 4.79 Å². The zero-order valence-corrected chi connectivity index (χ0v) is 15.5. The Labute approximate surface area is 161 Å². The van der Waals surface area contributed by atoms with Crippen molar-refractivity contribution in [3.05, 3.63) is 76.1 Å². The van der Waals surface area contributed by atoms with E-state index in [1.165, 1.54) is 0 Å². The molecule has 6 nitrogen and oxygen atoms in total. The highest BCUT2D eigenvalue weighted by atomic mass is 35.5. The van der Waals surface area contributed by atoms with E-state index in [1.807, 2.05) is 25.1 Å². The average molecular weight is 378 g/mol. The molecule has 0 unspecified atom stereocenters. The number of rotatable bonds is 4. The summed E-state index contributed by atoms with van der Waals surface area (Å²) in [7, 11) is 0. The molecule has 0 atom stereocenters. The Hall–Kier alpha value is -3.43. The molecule has 0 fully saturated rings. The largest absolute Gasteiger partial charge is 0.324 e. The number of aryl methyl sites for hydroxylation is 2. The molecule has 0 saturated heterocycles. The van der Waals surface area contributed by atoms with E-state index in [-0.39, 0.29) is 11.6 Å². The number of anilines is 3. The van der Waals surface area contributed by atoms with Crippen molar-refractivity contribution in [1.82, 2.24) is 9.97 Å². The van der Waals surface area contributed by atoms with Gasteiger partial charge in [-0.3, -0.25) is 4.79 Å². The van der Waals surface area contributed by atoms with Crippen molar-refractivity contribution in [1.29, 1.82) is 5.26 Å². The van der Waals surface area contributed by atoms with Crippen molar-refractivity contribution in [3.8, 4) is 6.07 Å². The third kappa shape index (κ3) is 4.40. The number of amides is 1. The quantitative estimate of drug-likeness (QED) is 0.692. The summed E-state index contributed by atoms with van der Waals surface area (Å²) in [4.78, 5) is 21.2. The number of carbonyl (C=O) groups excluding carboxylic acids is 1. The average Bonchev–Trinajstić information content (AvgIpc) is 2.64. The lowest BCUT2D eigenvalue weighted by Gasteiger charge is -2.10. The zero-order chi connectivity index (χ0) is 19.4. The van der Waals surface area contributed by atoms with Gasteiger partial charge in [0.15, 0.2) is 0 Å². The summed E-state index contributed by atoms with van der Waals surface area (Å²) in [6.07, 6.45) is 0. The van der Waals surface area contributed by atoms with E-state index in [0.29, 0.717) is 22.0 Å². The molecule has 2 aromatic carbocycles. The van der Waals surface area contributed by atoms with Crippen molar-refractivity contribution in [2.45, 2.75) is 13.8 Å². The molecule has 1 aromatic heterocycles. The number of carbonyl (C=O) groups is 1. The third-order valence-corrected chi connectivity index (χ3v) is 4.22. The smallest absolute Gasteiger partial charge is 0.274 e. The molecular formula is C20H16ClN5O. The molecule has 0 bridgehead atoms. The van der Waals surface area contributed by atoms with Crippen LogP contribution in [0.25, 0.3) is 0 Å². The second-order valence-electron chi connectivity index (χ2n) is 5.92. The third-order valence-electron chi connectivity index (χ3n) is 3.81. The molecule has 0 aliphatic rings. The minimum absolute atomic E-state index is 0.191. The lowest BCUT2D eigenvalue weighted by Crippen LogP contribution is -2.16. The van der Waals surface area contributed by atoms with Gasteiger partial charge in [0, 0.05) is 16.4 Å². The van der Waals surface area contributed by atoms with Crippen molar-refractivity contribution in [3.63, 3.8) is 0 Å². The minimum atomic E-state index is -0.423. The highest BCUT2D eigenvalue weighted by Gasteiger charge is 2.13. The number of benzene rings is 2. The summed E-state index contributed by atoms with van der Waals surface area (Å²) in [5, 5.41) is 15.5. The number of hydrogen-bond donors (Lipinski definition) is 2.